The fraction of sp³-hybridized carbons (Fsp3) is 0.188. The lowest BCUT2D eigenvalue weighted by Crippen LogP contribution is -2.45. The van der Waals surface area contributed by atoms with Crippen molar-refractivity contribution in [3.05, 3.63) is 108 Å². The summed E-state index contributed by atoms with van der Waals surface area (Å²) in [5, 5.41) is 2.91. The van der Waals surface area contributed by atoms with Crippen LogP contribution in [0.2, 0.25) is 0 Å². The van der Waals surface area contributed by atoms with Crippen LogP contribution in [0.25, 0.3) is 22.4 Å². The minimum Gasteiger partial charge on any atom is -0.467 e. The van der Waals surface area contributed by atoms with Gasteiger partial charge in [-0.1, -0.05) is 68.4 Å². The average Bonchev–Trinajstić information content (AvgIpc) is 3.28. The van der Waals surface area contributed by atoms with Gasteiger partial charge < -0.3 is 15.0 Å². The van der Waals surface area contributed by atoms with Crippen LogP contribution in [0.15, 0.2) is 91.1 Å². The maximum atomic E-state index is 13.2. The van der Waals surface area contributed by atoms with Gasteiger partial charge in [-0.2, -0.15) is 0 Å². The largest absolute Gasteiger partial charge is 0.467 e. The van der Waals surface area contributed by atoms with Crippen LogP contribution >= 0.6 is 0 Å². The summed E-state index contributed by atoms with van der Waals surface area (Å²) in [7, 11) is 1.33. The molecule has 7 nitrogen and oxygen atoms in total. The first kappa shape index (κ1) is 25.9. The summed E-state index contributed by atoms with van der Waals surface area (Å²) in [4.78, 5) is 44.4. The number of esters is 1. The van der Waals surface area contributed by atoms with Crippen molar-refractivity contribution in [2.45, 2.75) is 26.4 Å². The van der Waals surface area contributed by atoms with Gasteiger partial charge in [0, 0.05) is 29.6 Å². The quantitative estimate of drug-likeness (QED) is 0.311. The highest BCUT2D eigenvalue weighted by atomic mass is 16.5. The van der Waals surface area contributed by atoms with Gasteiger partial charge in [0.2, 0.25) is 0 Å². The smallest absolute Gasteiger partial charge is 0.328 e. The molecule has 7 heteroatoms. The number of anilines is 1. The lowest BCUT2D eigenvalue weighted by molar-refractivity contribution is -0.147. The Balaban J connectivity index is 1.28. The predicted octanol–water partition coefficient (Wildman–Crippen LogP) is 5.82. The van der Waals surface area contributed by atoms with Crippen molar-refractivity contribution in [3.8, 4) is 22.4 Å². The van der Waals surface area contributed by atoms with Gasteiger partial charge in [0.25, 0.3) is 11.8 Å². The molecule has 39 heavy (non-hydrogen) atoms. The molecule has 2 heterocycles. The van der Waals surface area contributed by atoms with E-state index in [1.165, 1.54) is 13.3 Å². The Labute approximate surface area is 227 Å². The summed E-state index contributed by atoms with van der Waals surface area (Å²) in [5.41, 5.74) is 6.09. The maximum Gasteiger partial charge on any atom is 0.328 e. The molecule has 1 aliphatic heterocycles. The van der Waals surface area contributed by atoms with Crippen molar-refractivity contribution in [1.82, 2.24) is 9.88 Å². The van der Waals surface area contributed by atoms with E-state index in [2.05, 4.69) is 10.3 Å². The lowest BCUT2D eigenvalue weighted by atomic mass is 10.0. The van der Waals surface area contributed by atoms with E-state index < -0.39 is 12.0 Å². The number of nitrogens with zero attached hydrogens (tertiary/aromatic N) is 2. The van der Waals surface area contributed by atoms with Gasteiger partial charge in [-0.25, -0.2) is 4.79 Å². The molecule has 1 atom stereocenters. The van der Waals surface area contributed by atoms with Gasteiger partial charge in [-0.15, -0.1) is 0 Å². The molecule has 0 radical (unpaired) electrons. The summed E-state index contributed by atoms with van der Waals surface area (Å²) >= 11 is 0. The standard InChI is InChI=1S/C32H29N3O4/c1-20(2)29(32(38)39-3)35-19-25-10-9-23(17-27(25)31(35)37)28-16-13-24(18-33-28)30(36)34-26-14-11-22(12-15-26)21-7-5-4-6-8-21/h4-18,20,29H,19H2,1-3H3,(H,34,36)/t29-/m0/s1. The Hall–Kier alpha value is -4.78. The minimum atomic E-state index is -0.649. The van der Waals surface area contributed by atoms with E-state index in [1.807, 2.05) is 80.6 Å². The van der Waals surface area contributed by atoms with Crippen molar-refractivity contribution < 1.29 is 19.1 Å². The Morgan fingerprint density at radius 1 is 0.897 bits per heavy atom. The topological polar surface area (TPSA) is 88.6 Å². The molecule has 0 bridgehead atoms. The molecule has 0 saturated carbocycles. The van der Waals surface area contributed by atoms with Gasteiger partial charge in [-0.05, 0) is 52.9 Å². The number of rotatable bonds is 7. The molecule has 1 aromatic heterocycles. The van der Waals surface area contributed by atoms with Crippen LogP contribution in [0.4, 0.5) is 5.69 Å². The summed E-state index contributed by atoms with van der Waals surface area (Å²) < 4.78 is 4.94. The van der Waals surface area contributed by atoms with Crippen molar-refractivity contribution in [2.24, 2.45) is 5.92 Å². The number of benzene rings is 3. The Kier molecular flexibility index (Phi) is 7.23. The van der Waals surface area contributed by atoms with E-state index in [1.54, 1.807) is 23.1 Å². The number of hydrogen-bond donors (Lipinski definition) is 1. The first-order valence-electron chi connectivity index (χ1n) is 12.8. The maximum absolute atomic E-state index is 13.2. The van der Waals surface area contributed by atoms with E-state index in [-0.39, 0.29) is 17.7 Å². The molecule has 196 valence electrons. The molecular weight excluding hydrogens is 490 g/mol. The highest BCUT2D eigenvalue weighted by molar-refractivity contribution is 6.04. The second-order valence-electron chi connectivity index (χ2n) is 9.85. The van der Waals surface area contributed by atoms with E-state index in [0.29, 0.717) is 29.1 Å². The van der Waals surface area contributed by atoms with Crippen LogP contribution in [-0.2, 0) is 16.1 Å². The fourth-order valence-electron chi connectivity index (χ4n) is 4.87. The van der Waals surface area contributed by atoms with E-state index in [4.69, 9.17) is 4.74 Å². The third-order valence-electron chi connectivity index (χ3n) is 6.92. The van der Waals surface area contributed by atoms with Crippen LogP contribution in [0.1, 0.15) is 40.1 Å². The zero-order valence-electron chi connectivity index (χ0n) is 22.0. The summed E-state index contributed by atoms with van der Waals surface area (Å²) in [6, 6.07) is 26.1. The number of fused-ring (bicyclic) bond motifs is 1. The molecule has 0 fully saturated rings. The van der Waals surface area contributed by atoms with Gasteiger partial charge in [0.1, 0.15) is 6.04 Å². The average molecular weight is 520 g/mol. The molecule has 5 rings (SSSR count). The van der Waals surface area contributed by atoms with Crippen LogP contribution < -0.4 is 5.32 Å². The van der Waals surface area contributed by atoms with Crippen molar-refractivity contribution in [1.29, 1.82) is 0 Å². The molecular formula is C32H29N3O4. The van der Waals surface area contributed by atoms with Crippen molar-refractivity contribution in [2.75, 3.05) is 12.4 Å². The molecule has 0 unspecified atom stereocenters. The Morgan fingerprint density at radius 3 is 2.23 bits per heavy atom. The number of pyridine rings is 1. The number of aromatic nitrogens is 1. The van der Waals surface area contributed by atoms with Crippen molar-refractivity contribution >= 4 is 23.5 Å². The third kappa shape index (κ3) is 5.29. The number of amides is 2. The number of nitrogens with one attached hydrogen (secondary N) is 1. The SMILES string of the molecule is COC(=O)[C@H](C(C)C)N1Cc2ccc(-c3ccc(C(=O)Nc4ccc(-c5ccccc5)cc4)cn3)cc2C1=O. The summed E-state index contributed by atoms with van der Waals surface area (Å²) in [6.45, 7) is 4.14. The van der Waals surface area contributed by atoms with Crippen LogP contribution in [0.5, 0.6) is 0 Å². The van der Waals surface area contributed by atoms with E-state index in [9.17, 15) is 14.4 Å². The fourth-order valence-corrected chi connectivity index (χ4v) is 4.87. The minimum absolute atomic E-state index is 0.0858. The molecule has 0 spiro atoms. The first-order valence-corrected chi connectivity index (χ1v) is 12.8. The third-order valence-corrected chi connectivity index (χ3v) is 6.92. The first-order chi connectivity index (χ1) is 18.9. The monoisotopic (exact) mass is 519 g/mol. The number of ether oxygens (including phenoxy) is 1. The molecule has 2 amide bonds. The number of carbonyl (C=O) groups is 3. The van der Waals surface area contributed by atoms with Crippen LogP contribution in [0, 0.1) is 5.92 Å². The Morgan fingerprint density at radius 2 is 1.59 bits per heavy atom. The van der Waals surface area contributed by atoms with Crippen LogP contribution in [-0.4, -0.2) is 40.8 Å². The molecule has 0 saturated heterocycles. The molecule has 0 aliphatic carbocycles. The molecule has 3 aromatic carbocycles. The summed E-state index contributed by atoms with van der Waals surface area (Å²) in [5.74, 6) is -0.972. The summed E-state index contributed by atoms with van der Waals surface area (Å²) in [6.07, 6.45) is 1.52. The zero-order valence-corrected chi connectivity index (χ0v) is 22.0. The highest BCUT2D eigenvalue weighted by Crippen LogP contribution is 2.31. The lowest BCUT2D eigenvalue weighted by Gasteiger charge is -2.28. The van der Waals surface area contributed by atoms with Gasteiger partial charge >= 0.3 is 5.97 Å². The number of methoxy groups -OCH3 is 1. The second-order valence-corrected chi connectivity index (χ2v) is 9.85. The van der Waals surface area contributed by atoms with Gasteiger partial charge in [0.15, 0.2) is 0 Å². The molecule has 1 aliphatic rings. The number of carbonyl (C=O) groups excluding carboxylic acids is 3. The van der Waals surface area contributed by atoms with Crippen molar-refractivity contribution in [3.63, 3.8) is 0 Å². The van der Waals surface area contributed by atoms with E-state index in [0.717, 1.165) is 22.3 Å². The normalized spacial score (nSPS) is 13.2. The highest BCUT2D eigenvalue weighted by Gasteiger charge is 2.38. The molecule has 4 aromatic rings. The predicted molar refractivity (Wildman–Crippen MR) is 150 cm³/mol. The van der Waals surface area contributed by atoms with E-state index >= 15 is 0 Å². The number of hydrogen-bond acceptors (Lipinski definition) is 5. The van der Waals surface area contributed by atoms with Gasteiger partial charge in [-0.3, -0.25) is 14.6 Å². The van der Waals surface area contributed by atoms with Crippen LogP contribution in [0.3, 0.4) is 0 Å². The zero-order chi connectivity index (χ0) is 27.5. The Bertz CT molecular complexity index is 1510. The van der Waals surface area contributed by atoms with Gasteiger partial charge in [0.05, 0.1) is 18.4 Å². The second kappa shape index (κ2) is 10.9. The molecule has 1 N–H and O–H groups in total.